The van der Waals surface area contributed by atoms with Gasteiger partial charge in [0.25, 0.3) is 5.91 Å². The van der Waals surface area contributed by atoms with E-state index in [0.717, 1.165) is 11.8 Å². The molecule has 0 saturated carbocycles. The van der Waals surface area contributed by atoms with Gasteiger partial charge in [0.1, 0.15) is 10.4 Å². The van der Waals surface area contributed by atoms with Crippen LogP contribution in [0.1, 0.15) is 32.8 Å². The van der Waals surface area contributed by atoms with Crippen LogP contribution in [-0.4, -0.2) is 44.0 Å². The van der Waals surface area contributed by atoms with E-state index in [1.54, 1.807) is 25.1 Å². The maximum absolute atomic E-state index is 12.7. The summed E-state index contributed by atoms with van der Waals surface area (Å²) in [5.41, 5.74) is 0.655. The summed E-state index contributed by atoms with van der Waals surface area (Å²) in [7, 11) is 0. The van der Waals surface area contributed by atoms with Crippen LogP contribution >= 0.6 is 24.0 Å². The predicted octanol–water partition coefficient (Wildman–Crippen LogP) is 3.49. The van der Waals surface area contributed by atoms with E-state index < -0.39 is 17.9 Å². The molecule has 1 aromatic carbocycles. The summed E-state index contributed by atoms with van der Waals surface area (Å²) in [4.78, 5) is 25.9. The lowest BCUT2D eigenvalue weighted by Crippen LogP contribution is -2.44. The highest BCUT2D eigenvalue weighted by Crippen LogP contribution is 2.36. The quantitative estimate of drug-likeness (QED) is 0.540. The minimum Gasteiger partial charge on any atom is -0.504 e. The molecule has 1 aliphatic rings. The van der Waals surface area contributed by atoms with E-state index >= 15 is 0 Å². The number of ether oxygens (including phenoxy) is 1. The van der Waals surface area contributed by atoms with Crippen LogP contribution in [0, 0.1) is 5.92 Å². The van der Waals surface area contributed by atoms with E-state index in [0.29, 0.717) is 29.2 Å². The molecule has 0 spiro atoms. The third kappa shape index (κ3) is 4.56. The van der Waals surface area contributed by atoms with E-state index in [9.17, 15) is 19.8 Å². The lowest BCUT2D eigenvalue weighted by molar-refractivity contribution is -0.145. The molecular weight excluding hydrogens is 374 g/mol. The molecule has 8 heteroatoms. The molecule has 1 heterocycles. The van der Waals surface area contributed by atoms with Crippen LogP contribution in [0.5, 0.6) is 11.5 Å². The molecule has 26 heavy (non-hydrogen) atoms. The number of hydrogen-bond donors (Lipinski definition) is 2. The molecule has 1 aliphatic heterocycles. The van der Waals surface area contributed by atoms with Gasteiger partial charge in [-0.2, -0.15) is 0 Å². The van der Waals surface area contributed by atoms with E-state index in [-0.39, 0.29) is 16.0 Å². The van der Waals surface area contributed by atoms with Gasteiger partial charge < -0.3 is 14.9 Å². The van der Waals surface area contributed by atoms with Crippen molar-refractivity contribution in [3.63, 3.8) is 0 Å². The number of carboxylic acid groups (broad SMARTS) is 1. The maximum Gasteiger partial charge on any atom is 0.326 e. The number of hydrogen-bond acceptors (Lipinski definition) is 6. The van der Waals surface area contributed by atoms with Crippen molar-refractivity contribution in [1.29, 1.82) is 0 Å². The van der Waals surface area contributed by atoms with E-state index in [1.165, 1.54) is 11.0 Å². The van der Waals surface area contributed by atoms with Crippen LogP contribution < -0.4 is 4.74 Å². The number of rotatable bonds is 7. The fourth-order valence-corrected chi connectivity index (χ4v) is 3.91. The first-order chi connectivity index (χ1) is 12.2. The minimum atomic E-state index is -1.07. The smallest absolute Gasteiger partial charge is 0.326 e. The maximum atomic E-state index is 12.7. The van der Waals surface area contributed by atoms with Gasteiger partial charge in [0.2, 0.25) is 0 Å². The number of benzene rings is 1. The number of nitrogens with zero attached hydrogens (tertiary/aromatic N) is 1. The van der Waals surface area contributed by atoms with Gasteiger partial charge in [-0.25, -0.2) is 4.79 Å². The number of carboxylic acids is 1. The second-order valence-corrected chi connectivity index (χ2v) is 7.87. The molecule has 1 atom stereocenters. The van der Waals surface area contributed by atoms with Crippen molar-refractivity contribution >= 4 is 46.3 Å². The fraction of sp³-hybridized carbons (Fsp3) is 0.389. The summed E-state index contributed by atoms with van der Waals surface area (Å²) >= 11 is 6.32. The number of amides is 1. The van der Waals surface area contributed by atoms with Crippen molar-refractivity contribution in [2.45, 2.75) is 33.2 Å². The SMILES string of the molecule is CCOc1cc(/C=C2\SC(=S)N([C@@H](CC(C)C)C(=O)O)C2=O)ccc1O. The van der Waals surface area contributed by atoms with Crippen molar-refractivity contribution in [3.05, 3.63) is 28.7 Å². The Morgan fingerprint density at radius 1 is 1.42 bits per heavy atom. The first-order valence-corrected chi connectivity index (χ1v) is 9.42. The second kappa shape index (κ2) is 8.55. The third-order valence-electron chi connectivity index (χ3n) is 3.70. The molecule has 0 aromatic heterocycles. The first kappa shape index (κ1) is 20.3. The highest BCUT2D eigenvalue weighted by molar-refractivity contribution is 8.26. The first-order valence-electron chi connectivity index (χ1n) is 8.20. The molecule has 2 N–H and O–H groups in total. The van der Waals surface area contributed by atoms with Gasteiger partial charge in [0, 0.05) is 0 Å². The number of phenolic OH excluding ortho intramolecular Hbond substituents is 1. The topological polar surface area (TPSA) is 87.1 Å². The van der Waals surface area contributed by atoms with Crippen LogP contribution in [0.3, 0.4) is 0 Å². The van der Waals surface area contributed by atoms with E-state index in [4.69, 9.17) is 17.0 Å². The Balaban J connectivity index is 2.31. The molecule has 0 radical (unpaired) electrons. The predicted molar refractivity (Wildman–Crippen MR) is 105 cm³/mol. The standard InChI is InChI=1S/C18H21NO5S2/c1-4-24-14-8-11(5-6-13(14)20)9-15-16(21)19(18(25)26-15)12(17(22)23)7-10(2)3/h5-6,8-10,12,20H,4,7H2,1-3H3,(H,22,23)/b15-9-/t12-/m0/s1. The second-order valence-electron chi connectivity index (χ2n) is 6.20. The van der Waals surface area contributed by atoms with Gasteiger partial charge >= 0.3 is 5.97 Å². The van der Waals surface area contributed by atoms with Gasteiger partial charge in [-0.15, -0.1) is 0 Å². The van der Waals surface area contributed by atoms with Gasteiger partial charge in [-0.1, -0.05) is 43.9 Å². The van der Waals surface area contributed by atoms with Crippen LogP contribution in [0.2, 0.25) is 0 Å². The number of aliphatic carboxylic acids is 1. The molecular formula is C18H21NO5S2. The summed E-state index contributed by atoms with van der Waals surface area (Å²) in [6.07, 6.45) is 1.94. The van der Waals surface area contributed by atoms with Crippen LogP contribution in [-0.2, 0) is 9.59 Å². The number of aromatic hydroxyl groups is 1. The van der Waals surface area contributed by atoms with Crippen molar-refractivity contribution in [2.75, 3.05) is 6.61 Å². The normalized spacial score (nSPS) is 17.2. The lowest BCUT2D eigenvalue weighted by Gasteiger charge is -2.24. The molecule has 1 aromatic rings. The number of carbonyl (C=O) groups is 2. The van der Waals surface area contributed by atoms with Crippen molar-refractivity contribution < 1.29 is 24.5 Å². The highest BCUT2D eigenvalue weighted by Gasteiger charge is 2.40. The number of phenols is 1. The zero-order valence-electron chi connectivity index (χ0n) is 14.8. The summed E-state index contributed by atoms with van der Waals surface area (Å²) in [5.74, 6) is -1.05. The Labute approximate surface area is 161 Å². The van der Waals surface area contributed by atoms with Gasteiger partial charge in [-0.05, 0) is 43.0 Å². The van der Waals surface area contributed by atoms with Gasteiger partial charge in [0.05, 0.1) is 11.5 Å². The van der Waals surface area contributed by atoms with Crippen LogP contribution in [0.25, 0.3) is 6.08 Å². The largest absolute Gasteiger partial charge is 0.504 e. The van der Waals surface area contributed by atoms with Crippen molar-refractivity contribution in [1.82, 2.24) is 4.90 Å². The Bertz CT molecular complexity index is 760. The lowest BCUT2D eigenvalue weighted by atomic mass is 10.0. The zero-order valence-corrected chi connectivity index (χ0v) is 16.4. The summed E-state index contributed by atoms with van der Waals surface area (Å²) in [5, 5.41) is 19.3. The Hall–Kier alpha value is -2.06. The molecule has 0 aliphatic carbocycles. The van der Waals surface area contributed by atoms with E-state index in [1.807, 2.05) is 13.8 Å². The monoisotopic (exact) mass is 395 g/mol. The van der Waals surface area contributed by atoms with Crippen molar-refractivity contribution in [2.24, 2.45) is 5.92 Å². The average Bonchev–Trinajstić information content (AvgIpc) is 2.82. The Morgan fingerprint density at radius 3 is 2.69 bits per heavy atom. The summed E-state index contributed by atoms with van der Waals surface area (Å²) in [6, 6.07) is 3.77. The highest BCUT2D eigenvalue weighted by atomic mass is 32.2. The molecule has 6 nitrogen and oxygen atoms in total. The minimum absolute atomic E-state index is 0.0134. The van der Waals surface area contributed by atoms with E-state index in [2.05, 4.69) is 0 Å². The van der Waals surface area contributed by atoms with Crippen LogP contribution in [0.4, 0.5) is 0 Å². The summed E-state index contributed by atoms with van der Waals surface area (Å²) in [6.45, 7) is 6.00. The molecule has 1 saturated heterocycles. The van der Waals surface area contributed by atoms with Crippen molar-refractivity contribution in [3.8, 4) is 11.5 Å². The number of carbonyl (C=O) groups excluding carboxylic acids is 1. The number of thioether (sulfide) groups is 1. The molecule has 0 bridgehead atoms. The average molecular weight is 396 g/mol. The third-order valence-corrected chi connectivity index (χ3v) is 5.03. The molecule has 0 unspecified atom stereocenters. The van der Waals surface area contributed by atoms with Crippen LogP contribution in [0.15, 0.2) is 23.1 Å². The molecule has 1 fully saturated rings. The Morgan fingerprint density at radius 2 is 2.12 bits per heavy atom. The van der Waals surface area contributed by atoms with Gasteiger partial charge in [0.15, 0.2) is 11.5 Å². The Kier molecular flexibility index (Phi) is 6.66. The number of thiocarbonyl (C=S) groups is 1. The zero-order chi connectivity index (χ0) is 19.4. The molecule has 2 rings (SSSR count). The molecule has 1 amide bonds. The summed E-state index contributed by atoms with van der Waals surface area (Å²) < 4.78 is 5.57. The van der Waals surface area contributed by atoms with Gasteiger partial charge in [-0.3, -0.25) is 9.69 Å². The molecule has 140 valence electrons. The fourth-order valence-electron chi connectivity index (χ4n) is 2.55.